The van der Waals surface area contributed by atoms with E-state index in [4.69, 9.17) is 11.6 Å². The van der Waals surface area contributed by atoms with Crippen LogP contribution in [0.15, 0.2) is 40.9 Å². The highest BCUT2D eigenvalue weighted by Gasteiger charge is 2.08. The third-order valence-electron chi connectivity index (χ3n) is 2.77. The predicted octanol–water partition coefficient (Wildman–Crippen LogP) is 4.60. The summed E-state index contributed by atoms with van der Waals surface area (Å²) in [4.78, 5) is 11.9. The summed E-state index contributed by atoms with van der Waals surface area (Å²) in [6, 6.07) is 9.85. The lowest BCUT2D eigenvalue weighted by Gasteiger charge is -2.10. The first kappa shape index (κ1) is 15.8. The zero-order valence-electron chi connectivity index (χ0n) is 11.2. The van der Waals surface area contributed by atoms with Crippen LogP contribution in [0.5, 0.6) is 0 Å². The molecule has 0 radical (unpaired) electrons. The van der Waals surface area contributed by atoms with Crippen molar-refractivity contribution >= 4 is 44.8 Å². The van der Waals surface area contributed by atoms with Gasteiger partial charge in [0.25, 0.3) is 0 Å². The molecule has 0 aliphatic carbocycles. The molecule has 0 bridgehead atoms. The average molecular weight is 372 g/mol. The van der Waals surface area contributed by atoms with Gasteiger partial charge in [0.05, 0.1) is 17.9 Å². The molecule has 0 spiro atoms. The van der Waals surface area contributed by atoms with E-state index in [9.17, 15) is 9.18 Å². The maximum absolute atomic E-state index is 13.6. The van der Waals surface area contributed by atoms with Crippen LogP contribution in [0, 0.1) is 12.7 Å². The van der Waals surface area contributed by atoms with Gasteiger partial charge in [-0.15, -0.1) is 0 Å². The van der Waals surface area contributed by atoms with E-state index in [-0.39, 0.29) is 18.1 Å². The van der Waals surface area contributed by atoms with E-state index in [1.54, 1.807) is 12.1 Å². The van der Waals surface area contributed by atoms with E-state index in [2.05, 4.69) is 26.6 Å². The van der Waals surface area contributed by atoms with E-state index in [0.29, 0.717) is 10.7 Å². The number of halogens is 3. The van der Waals surface area contributed by atoms with Crippen LogP contribution in [0.25, 0.3) is 0 Å². The molecule has 3 nitrogen and oxygen atoms in total. The molecule has 0 aliphatic rings. The monoisotopic (exact) mass is 370 g/mol. The molecule has 2 N–H and O–H groups in total. The Balaban J connectivity index is 1.96. The van der Waals surface area contributed by atoms with Gasteiger partial charge in [-0.3, -0.25) is 4.79 Å². The van der Waals surface area contributed by atoms with Crippen molar-refractivity contribution in [1.29, 1.82) is 0 Å². The highest BCUT2D eigenvalue weighted by Crippen LogP contribution is 2.23. The van der Waals surface area contributed by atoms with Gasteiger partial charge in [-0.25, -0.2) is 4.39 Å². The number of rotatable bonds is 4. The third kappa shape index (κ3) is 4.44. The second-order valence-corrected chi connectivity index (χ2v) is 5.80. The minimum atomic E-state index is -0.494. The van der Waals surface area contributed by atoms with Gasteiger partial charge in [-0.1, -0.05) is 17.7 Å². The van der Waals surface area contributed by atoms with Crippen molar-refractivity contribution in [3.8, 4) is 0 Å². The molecule has 0 atom stereocenters. The molecule has 21 heavy (non-hydrogen) atoms. The first-order valence-electron chi connectivity index (χ1n) is 6.20. The number of carbonyl (C=O) groups is 1. The van der Waals surface area contributed by atoms with Gasteiger partial charge in [0.1, 0.15) is 5.82 Å². The van der Waals surface area contributed by atoms with Crippen LogP contribution in [-0.2, 0) is 4.79 Å². The minimum Gasteiger partial charge on any atom is -0.374 e. The number of benzene rings is 2. The first-order chi connectivity index (χ1) is 9.95. The number of amides is 1. The van der Waals surface area contributed by atoms with E-state index >= 15 is 0 Å². The Morgan fingerprint density at radius 3 is 2.62 bits per heavy atom. The SMILES string of the molecule is Cc1ccc(NC(=O)CNc2ccc(Cl)cc2F)c(Br)c1. The lowest BCUT2D eigenvalue weighted by atomic mass is 10.2. The summed E-state index contributed by atoms with van der Waals surface area (Å²) >= 11 is 9.05. The minimum absolute atomic E-state index is 0.0428. The number of nitrogens with one attached hydrogen (secondary N) is 2. The van der Waals surface area contributed by atoms with Crippen LogP contribution >= 0.6 is 27.5 Å². The van der Waals surface area contributed by atoms with Crippen LogP contribution in [0.2, 0.25) is 5.02 Å². The standard InChI is InChI=1S/C15H13BrClFN2O/c1-9-2-4-13(11(16)6-9)20-15(21)8-19-14-5-3-10(17)7-12(14)18/h2-7,19H,8H2,1H3,(H,20,21). The molecule has 2 rings (SSSR count). The Bertz CT molecular complexity index is 679. The van der Waals surface area contributed by atoms with Crippen molar-refractivity contribution in [2.45, 2.75) is 6.92 Å². The highest BCUT2D eigenvalue weighted by molar-refractivity contribution is 9.10. The summed E-state index contributed by atoms with van der Waals surface area (Å²) in [6.45, 7) is 1.92. The molecule has 2 aromatic rings. The number of hydrogen-bond donors (Lipinski definition) is 2. The van der Waals surface area contributed by atoms with Crippen LogP contribution in [0.3, 0.4) is 0 Å². The molecule has 0 aromatic heterocycles. The molecular weight excluding hydrogens is 359 g/mol. The normalized spacial score (nSPS) is 10.3. The van der Waals surface area contributed by atoms with E-state index in [1.165, 1.54) is 12.1 Å². The second-order valence-electron chi connectivity index (χ2n) is 4.51. The Morgan fingerprint density at radius 1 is 1.24 bits per heavy atom. The third-order valence-corrected chi connectivity index (χ3v) is 3.66. The molecule has 0 fully saturated rings. The van der Waals surface area contributed by atoms with Gasteiger partial charge >= 0.3 is 0 Å². The van der Waals surface area contributed by atoms with Crippen LogP contribution in [-0.4, -0.2) is 12.5 Å². The van der Waals surface area contributed by atoms with Crippen LogP contribution in [0.1, 0.15) is 5.56 Å². The molecule has 1 amide bonds. The summed E-state index contributed by atoms with van der Waals surface area (Å²) in [5.41, 5.74) is 1.99. The fraction of sp³-hybridized carbons (Fsp3) is 0.133. The maximum Gasteiger partial charge on any atom is 0.243 e. The molecular formula is C15H13BrClFN2O. The smallest absolute Gasteiger partial charge is 0.243 e. The Morgan fingerprint density at radius 2 is 1.95 bits per heavy atom. The fourth-order valence-electron chi connectivity index (χ4n) is 1.72. The Hall–Kier alpha value is -1.59. The van der Waals surface area contributed by atoms with Crippen molar-refractivity contribution < 1.29 is 9.18 Å². The number of aryl methyl sites for hydroxylation is 1. The van der Waals surface area contributed by atoms with Crippen LogP contribution < -0.4 is 10.6 Å². The van der Waals surface area contributed by atoms with Crippen molar-refractivity contribution in [2.75, 3.05) is 17.2 Å². The van der Waals surface area contributed by atoms with Gasteiger partial charge in [-0.2, -0.15) is 0 Å². The van der Waals surface area contributed by atoms with E-state index < -0.39 is 5.82 Å². The maximum atomic E-state index is 13.6. The predicted molar refractivity (Wildman–Crippen MR) is 87.4 cm³/mol. The summed E-state index contributed by atoms with van der Waals surface area (Å²) in [5.74, 6) is -0.763. The van der Waals surface area contributed by atoms with E-state index in [1.807, 2.05) is 19.1 Å². The van der Waals surface area contributed by atoms with Crippen LogP contribution in [0.4, 0.5) is 15.8 Å². The Kier molecular flexibility index (Phi) is 5.20. The van der Waals surface area contributed by atoms with Crippen molar-refractivity contribution in [3.05, 3.63) is 57.3 Å². The van der Waals surface area contributed by atoms with E-state index in [0.717, 1.165) is 10.0 Å². The summed E-state index contributed by atoms with van der Waals surface area (Å²) in [7, 11) is 0. The number of anilines is 2. The van der Waals surface area contributed by atoms with Crippen molar-refractivity contribution in [2.24, 2.45) is 0 Å². The fourth-order valence-corrected chi connectivity index (χ4v) is 2.48. The number of carbonyl (C=O) groups excluding carboxylic acids is 1. The molecule has 0 saturated carbocycles. The highest BCUT2D eigenvalue weighted by atomic mass is 79.9. The quantitative estimate of drug-likeness (QED) is 0.824. The summed E-state index contributed by atoms with van der Waals surface area (Å²) < 4.78 is 14.3. The summed E-state index contributed by atoms with van der Waals surface area (Å²) in [5, 5.41) is 5.78. The van der Waals surface area contributed by atoms with Gasteiger partial charge in [0.2, 0.25) is 5.91 Å². The lowest BCUT2D eigenvalue weighted by Crippen LogP contribution is -2.22. The molecule has 6 heteroatoms. The zero-order valence-corrected chi connectivity index (χ0v) is 13.6. The van der Waals surface area contributed by atoms with Gasteiger partial charge in [-0.05, 0) is 58.7 Å². The molecule has 0 heterocycles. The molecule has 110 valence electrons. The van der Waals surface area contributed by atoms with Crippen molar-refractivity contribution in [3.63, 3.8) is 0 Å². The van der Waals surface area contributed by atoms with Gasteiger partial charge in [0.15, 0.2) is 0 Å². The first-order valence-corrected chi connectivity index (χ1v) is 7.38. The topological polar surface area (TPSA) is 41.1 Å². The molecule has 0 aliphatic heterocycles. The lowest BCUT2D eigenvalue weighted by molar-refractivity contribution is -0.114. The second kappa shape index (κ2) is 6.91. The largest absolute Gasteiger partial charge is 0.374 e. The Labute approximate surface area is 135 Å². The summed E-state index contributed by atoms with van der Waals surface area (Å²) in [6.07, 6.45) is 0. The molecule has 0 saturated heterocycles. The zero-order chi connectivity index (χ0) is 15.4. The van der Waals surface area contributed by atoms with Gasteiger partial charge in [0, 0.05) is 9.50 Å². The average Bonchev–Trinajstić information content (AvgIpc) is 2.41. The molecule has 2 aromatic carbocycles. The van der Waals surface area contributed by atoms with Crippen molar-refractivity contribution in [1.82, 2.24) is 0 Å². The van der Waals surface area contributed by atoms with Gasteiger partial charge < -0.3 is 10.6 Å². The number of hydrogen-bond acceptors (Lipinski definition) is 2. The molecule has 0 unspecified atom stereocenters.